The van der Waals surface area contributed by atoms with Crippen LogP contribution in [0.5, 0.6) is 0 Å². The fourth-order valence-corrected chi connectivity index (χ4v) is 11.1. The van der Waals surface area contributed by atoms with Crippen molar-refractivity contribution in [2.24, 2.45) is 29.1 Å². The molecule has 0 bridgehead atoms. The first kappa shape index (κ1) is 35.6. The molecule has 5 aliphatic rings. The molecule has 0 aromatic heterocycles. The summed E-state index contributed by atoms with van der Waals surface area (Å²) in [6.07, 6.45) is 23.4. The number of rotatable bonds is 15. The van der Waals surface area contributed by atoms with Crippen LogP contribution < -0.4 is 16.0 Å². The van der Waals surface area contributed by atoms with Crippen LogP contribution in [0.1, 0.15) is 130 Å². The van der Waals surface area contributed by atoms with Gasteiger partial charge in [-0.2, -0.15) is 0 Å². The van der Waals surface area contributed by atoms with Gasteiger partial charge in [0, 0.05) is 24.8 Å². The second-order valence-corrected chi connectivity index (χ2v) is 17.4. The molecule has 0 aromatic rings. The largest absolute Gasteiger partial charge is 0.378 e. The highest BCUT2D eigenvalue weighted by molar-refractivity contribution is 8.00. The Morgan fingerprint density at radius 2 is 1.96 bits per heavy atom. The van der Waals surface area contributed by atoms with Crippen LogP contribution in [0.4, 0.5) is 4.79 Å². The molecule has 258 valence electrons. The van der Waals surface area contributed by atoms with Crippen molar-refractivity contribution in [2.45, 2.75) is 153 Å². The minimum absolute atomic E-state index is 0.0513. The van der Waals surface area contributed by atoms with Crippen LogP contribution in [0, 0.1) is 29.1 Å². The number of allylic oxidation sites excluding steroid dienone is 4. The van der Waals surface area contributed by atoms with Gasteiger partial charge in [0.2, 0.25) is 5.91 Å². The maximum absolute atomic E-state index is 12.4. The van der Waals surface area contributed by atoms with Crippen molar-refractivity contribution in [1.82, 2.24) is 16.0 Å². The minimum atomic E-state index is -0.0513. The van der Waals surface area contributed by atoms with Crippen LogP contribution in [-0.4, -0.2) is 47.9 Å². The summed E-state index contributed by atoms with van der Waals surface area (Å²) < 4.78 is 6.31. The third-order valence-corrected chi connectivity index (χ3v) is 13.6. The number of thioether (sulfide) groups is 1. The lowest BCUT2D eigenvalue weighted by Gasteiger charge is -2.44. The Balaban J connectivity index is 0.998. The van der Waals surface area contributed by atoms with Crippen LogP contribution in [-0.2, 0) is 9.53 Å². The first-order valence-electron chi connectivity index (χ1n) is 18.8. The zero-order chi connectivity index (χ0) is 32.7. The lowest BCUT2D eigenvalue weighted by molar-refractivity contribution is -0.121. The number of urea groups is 1. The standard InChI is InChI=1S/C39H63N3O3S/c1-26(2)10-6-11-28(4)33-19-20-34-29(12-8-21-39(33,34)5)16-17-30-24-31(18-15-27(30)3)45-23-9-22-40-36(43)14-7-13-32-25-35-37(46-32)42-38(44)41-35/h16-17,26,28,31-35,37H,3,6-15,18-25H2,1-2,4-5H3,(H,40,43)(H2,41,42,44)/b29-16+,30-17-/t28-,31+,32?,33?,34?,35-,37+,39-/m1/s1. The third kappa shape index (κ3) is 9.24. The maximum atomic E-state index is 12.4. The van der Waals surface area contributed by atoms with Crippen LogP contribution in [0.15, 0.2) is 35.5 Å². The van der Waals surface area contributed by atoms with Crippen molar-refractivity contribution in [3.63, 3.8) is 0 Å². The Hall–Kier alpha value is -1.73. The average Bonchev–Trinajstić information content (AvgIpc) is 3.67. The molecule has 6 nitrogen and oxygen atoms in total. The number of nitrogens with one attached hydrogen (secondary N) is 3. The summed E-state index contributed by atoms with van der Waals surface area (Å²) >= 11 is 1.84. The SMILES string of the molecule is C=C1CC[C@H](OCCCNC(=O)CCCC2C[C@H]3NC(=O)N[C@H]3S2)C/C1=C/C=C1\CCC[C@@]2(C)C1CCC2[C@H](C)CCCC(C)C. The summed E-state index contributed by atoms with van der Waals surface area (Å²) in [6.45, 7) is 15.7. The van der Waals surface area contributed by atoms with E-state index in [2.05, 4.69) is 62.4 Å². The van der Waals surface area contributed by atoms with Gasteiger partial charge >= 0.3 is 6.03 Å². The van der Waals surface area contributed by atoms with E-state index >= 15 is 0 Å². The summed E-state index contributed by atoms with van der Waals surface area (Å²) in [5.41, 5.74) is 4.82. The molecule has 3 amide bonds. The number of amides is 3. The fraction of sp³-hybridized carbons (Fsp3) is 0.795. The van der Waals surface area contributed by atoms with E-state index in [4.69, 9.17) is 4.74 Å². The van der Waals surface area contributed by atoms with Crippen molar-refractivity contribution < 1.29 is 14.3 Å². The molecule has 2 heterocycles. The fourth-order valence-electron chi connectivity index (χ4n) is 9.47. The van der Waals surface area contributed by atoms with E-state index in [-0.39, 0.29) is 29.5 Å². The van der Waals surface area contributed by atoms with Gasteiger partial charge in [0.05, 0.1) is 17.5 Å². The summed E-state index contributed by atoms with van der Waals surface area (Å²) in [7, 11) is 0. The molecule has 2 aliphatic heterocycles. The quantitative estimate of drug-likeness (QED) is 0.154. The van der Waals surface area contributed by atoms with E-state index in [0.717, 1.165) is 68.6 Å². The van der Waals surface area contributed by atoms with Crippen LogP contribution in [0.25, 0.3) is 0 Å². The molecular formula is C39H63N3O3S. The predicted octanol–water partition coefficient (Wildman–Crippen LogP) is 8.83. The highest BCUT2D eigenvalue weighted by Gasteiger charge is 2.50. The molecule has 0 aromatic carbocycles. The Morgan fingerprint density at radius 1 is 1.11 bits per heavy atom. The summed E-state index contributed by atoms with van der Waals surface area (Å²) in [6, 6.07) is 0.193. The molecule has 2 saturated heterocycles. The second kappa shape index (κ2) is 16.6. The molecule has 8 atom stereocenters. The van der Waals surface area contributed by atoms with E-state index in [1.807, 2.05) is 11.8 Å². The number of carbonyl (C=O) groups is 2. The lowest BCUT2D eigenvalue weighted by Crippen LogP contribution is -2.36. The van der Waals surface area contributed by atoms with Crippen molar-refractivity contribution in [3.8, 4) is 0 Å². The molecule has 5 fully saturated rings. The zero-order valence-corrected chi connectivity index (χ0v) is 30.2. The van der Waals surface area contributed by atoms with Gasteiger partial charge in [-0.15, -0.1) is 11.8 Å². The van der Waals surface area contributed by atoms with Gasteiger partial charge in [-0.1, -0.05) is 76.8 Å². The average molecular weight is 654 g/mol. The van der Waals surface area contributed by atoms with E-state index in [1.165, 1.54) is 62.5 Å². The molecule has 0 radical (unpaired) electrons. The van der Waals surface area contributed by atoms with Crippen LogP contribution >= 0.6 is 11.8 Å². The number of carbonyl (C=O) groups excluding carboxylic acids is 2. The van der Waals surface area contributed by atoms with Crippen LogP contribution in [0.3, 0.4) is 0 Å². The normalized spacial score (nSPS) is 34.9. The third-order valence-electron chi connectivity index (χ3n) is 12.1. The zero-order valence-electron chi connectivity index (χ0n) is 29.3. The molecule has 0 spiro atoms. The van der Waals surface area contributed by atoms with Gasteiger partial charge in [-0.25, -0.2) is 4.79 Å². The first-order valence-corrected chi connectivity index (χ1v) is 19.7. The monoisotopic (exact) mass is 653 g/mol. The summed E-state index contributed by atoms with van der Waals surface area (Å²) in [4.78, 5) is 23.8. The van der Waals surface area contributed by atoms with Gasteiger partial charge in [0.15, 0.2) is 0 Å². The minimum Gasteiger partial charge on any atom is -0.378 e. The molecular weight excluding hydrogens is 591 g/mol. The molecule has 3 aliphatic carbocycles. The highest BCUT2D eigenvalue weighted by atomic mass is 32.2. The maximum Gasteiger partial charge on any atom is 0.316 e. The number of hydrogen-bond acceptors (Lipinski definition) is 4. The molecule has 3 unspecified atom stereocenters. The number of ether oxygens (including phenoxy) is 1. The van der Waals surface area contributed by atoms with Crippen molar-refractivity contribution in [1.29, 1.82) is 0 Å². The Kier molecular flexibility index (Phi) is 12.8. The summed E-state index contributed by atoms with van der Waals surface area (Å²) in [5.74, 6) is 3.40. The lowest BCUT2D eigenvalue weighted by atomic mass is 9.60. The van der Waals surface area contributed by atoms with Gasteiger partial charge in [-0.05, 0) is 112 Å². The van der Waals surface area contributed by atoms with E-state index in [1.54, 1.807) is 5.57 Å². The molecule has 3 N–H and O–H groups in total. The molecule has 7 heteroatoms. The van der Waals surface area contributed by atoms with Crippen molar-refractivity contribution in [2.75, 3.05) is 13.2 Å². The van der Waals surface area contributed by atoms with E-state index in [9.17, 15) is 9.59 Å². The van der Waals surface area contributed by atoms with Gasteiger partial charge in [0.1, 0.15) is 0 Å². The Labute approximate surface area is 284 Å². The van der Waals surface area contributed by atoms with Gasteiger partial charge < -0.3 is 20.7 Å². The van der Waals surface area contributed by atoms with Gasteiger partial charge in [-0.3, -0.25) is 4.79 Å². The van der Waals surface area contributed by atoms with Crippen molar-refractivity contribution in [3.05, 3.63) is 35.5 Å². The number of hydrogen-bond donors (Lipinski definition) is 3. The Morgan fingerprint density at radius 3 is 2.76 bits per heavy atom. The van der Waals surface area contributed by atoms with Gasteiger partial charge in [0.25, 0.3) is 0 Å². The molecule has 5 rings (SSSR count). The Bertz CT molecular complexity index is 1120. The second-order valence-electron chi connectivity index (χ2n) is 15.9. The van der Waals surface area contributed by atoms with Crippen LogP contribution in [0.2, 0.25) is 0 Å². The summed E-state index contributed by atoms with van der Waals surface area (Å²) in [5, 5.41) is 9.74. The number of fused-ring (bicyclic) bond motifs is 2. The molecule has 3 saturated carbocycles. The molecule has 46 heavy (non-hydrogen) atoms. The smallest absolute Gasteiger partial charge is 0.316 e. The first-order chi connectivity index (χ1) is 22.1. The topological polar surface area (TPSA) is 79.5 Å². The van der Waals surface area contributed by atoms with Crippen molar-refractivity contribution >= 4 is 23.7 Å². The highest BCUT2D eigenvalue weighted by Crippen LogP contribution is 2.60. The van der Waals surface area contributed by atoms with E-state index < -0.39 is 0 Å². The predicted molar refractivity (Wildman–Crippen MR) is 192 cm³/mol. The van der Waals surface area contributed by atoms with E-state index in [0.29, 0.717) is 30.2 Å².